The van der Waals surface area contributed by atoms with Gasteiger partial charge in [-0.05, 0) is 18.6 Å². The van der Waals surface area contributed by atoms with Gasteiger partial charge in [0, 0.05) is 12.8 Å². The molecule has 0 nitrogen and oxygen atoms in total. The lowest BCUT2D eigenvalue weighted by Gasteiger charge is -2.24. The van der Waals surface area contributed by atoms with Crippen LogP contribution in [0.3, 0.4) is 0 Å². The molecule has 0 aliphatic rings. The minimum Gasteiger partial charge on any atom is -0.251 e. The van der Waals surface area contributed by atoms with E-state index in [0.29, 0.717) is 0 Å². The molecular formula is C14H18F10. The maximum absolute atomic E-state index is 12.4. The second-order valence-corrected chi connectivity index (χ2v) is 4.68. The molecule has 10 heteroatoms. The molecule has 0 aromatic carbocycles. The van der Waals surface area contributed by atoms with Gasteiger partial charge in [0.25, 0.3) is 5.92 Å². The lowest BCUT2D eigenvalue weighted by atomic mass is 10.1. The first-order valence-electron chi connectivity index (χ1n) is 6.63. The fraction of sp³-hybridized carbons (Fsp3) is 0.714. The Morgan fingerprint density at radius 3 is 1.67 bits per heavy atom. The van der Waals surface area contributed by atoms with Crippen LogP contribution >= 0.6 is 0 Å². The van der Waals surface area contributed by atoms with Crippen LogP contribution in [0.25, 0.3) is 0 Å². The lowest BCUT2D eigenvalue weighted by Crippen LogP contribution is -2.42. The Balaban J connectivity index is 0. The quantitative estimate of drug-likeness (QED) is 0.323. The van der Waals surface area contributed by atoms with Crippen LogP contribution in [0.15, 0.2) is 25.3 Å². The highest BCUT2D eigenvalue weighted by Gasteiger charge is 2.53. The van der Waals surface area contributed by atoms with Crippen molar-refractivity contribution in [2.75, 3.05) is 6.67 Å². The van der Waals surface area contributed by atoms with E-state index in [9.17, 15) is 43.9 Å². The van der Waals surface area contributed by atoms with Gasteiger partial charge in [-0.3, -0.25) is 4.39 Å². The molecule has 0 rings (SSSR count). The minimum atomic E-state index is -4.25. The molecule has 0 heterocycles. The van der Waals surface area contributed by atoms with E-state index in [4.69, 9.17) is 0 Å². The van der Waals surface area contributed by atoms with Crippen LogP contribution < -0.4 is 0 Å². The average Bonchev–Trinajstić information content (AvgIpc) is 2.52. The number of halogens is 10. The van der Waals surface area contributed by atoms with Crippen LogP contribution in [0, 0.1) is 0 Å². The Labute approximate surface area is 133 Å². The second kappa shape index (κ2) is 9.31. The average molecular weight is 376 g/mol. The van der Waals surface area contributed by atoms with Crippen molar-refractivity contribution in [1.82, 2.24) is 0 Å². The summed E-state index contributed by atoms with van der Waals surface area (Å²) in [7, 11) is 0. The molecule has 0 amide bonds. The van der Waals surface area contributed by atoms with Crippen molar-refractivity contribution in [2.45, 2.75) is 56.0 Å². The normalized spacial score (nSPS) is 14.5. The number of allylic oxidation sites excluding steroid dienone is 2. The predicted octanol–water partition coefficient (Wildman–Crippen LogP) is 6.38. The molecular weight excluding hydrogens is 358 g/mol. The van der Waals surface area contributed by atoms with E-state index in [-0.39, 0.29) is 12.2 Å². The van der Waals surface area contributed by atoms with E-state index in [1.54, 1.807) is 0 Å². The first-order chi connectivity index (χ1) is 10.6. The third-order valence-electron chi connectivity index (χ3n) is 2.82. The van der Waals surface area contributed by atoms with Crippen molar-refractivity contribution in [3.05, 3.63) is 25.3 Å². The largest absolute Gasteiger partial charge is 0.328 e. The van der Waals surface area contributed by atoms with Crippen LogP contribution in [-0.2, 0) is 0 Å². The van der Waals surface area contributed by atoms with Gasteiger partial charge < -0.3 is 0 Å². The van der Waals surface area contributed by atoms with Crippen molar-refractivity contribution in [2.24, 2.45) is 0 Å². The summed E-state index contributed by atoms with van der Waals surface area (Å²) in [4.78, 5) is 0. The van der Waals surface area contributed by atoms with Gasteiger partial charge in [-0.2, -0.15) is 26.3 Å². The fourth-order valence-electron chi connectivity index (χ4n) is 1.17. The van der Waals surface area contributed by atoms with Crippen molar-refractivity contribution < 1.29 is 43.9 Å². The summed E-state index contributed by atoms with van der Waals surface area (Å²) in [6.07, 6.45) is -6.42. The molecule has 0 radical (unpaired) electrons. The SMILES string of the molecule is C=CC(F)(F)C(F)(F)CCCF.C=CC(F)(F)C(F)C(F)(F)CC. The maximum Gasteiger partial charge on any atom is 0.328 e. The molecule has 1 unspecified atom stereocenters. The Kier molecular flexibility index (Phi) is 9.71. The summed E-state index contributed by atoms with van der Waals surface area (Å²) in [5, 5.41) is 0. The zero-order valence-corrected chi connectivity index (χ0v) is 12.8. The van der Waals surface area contributed by atoms with Crippen LogP contribution in [-0.4, -0.2) is 36.5 Å². The molecule has 0 spiro atoms. The van der Waals surface area contributed by atoms with Gasteiger partial charge in [-0.15, -0.1) is 0 Å². The number of hydrogen-bond acceptors (Lipinski definition) is 0. The zero-order valence-electron chi connectivity index (χ0n) is 12.8. The molecule has 0 saturated carbocycles. The van der Waals surface area contributed by atoms with E-state index < -0.39 is 55.8 Å². The Hall–Kier alpha value is -1.22. The Morgan fingerprint density at radius 1 is 0.917 bits per heavy atom. The van der Waals surface area contributed by atoms with Crippen LogP contribution in [0.2, 0.25) is 0 Å². The van der Waals surface area contributed by atoms with E-state index in [1.165, 1.54) is 0 Å². The number of alkyl halides is 10. The van der Waals surface area contributed by atoms with E-state index in [2.05, 4.69) is 13.2 Å². The molecule has 144 valence electrons. The Bertz CT molecular complexity index is 389. The topological polar surface area (TPSA) is 0 Å². The van der Waals surface area contributed by atoms with Crippen molar-refractivity contribution >= 4 is 0 Å². The van der Waals surface area contributed by atoms with Crippen molar-refractivity contribution in [1.29, 1.82) is 0 Å². The molecule has 0 aromatic heterocycles. The summed E-state index contributed by atoms with van der Waals surface area (Å²) in [6, 6.07) is 0. The maximum atomic E-state index is 12.4. The smallest absolute Gasteiger partial charge is 0.251 e. The van der Waals surface area contributed by atoms with Gasteiger partial charge in [0.05, 0.1) is 6.67 Å². The monoisotopic (exact) mass is 376 g/mol. The molecule has 1 atom stereocenters. The molecule has 24 heavy (non-hydrogen) atoms. The van der Waals surface area contributed by atoms with Gasteiger partial charge >= 0.3 is 17.8 Å². The predicted molar refractivity (Wildman–Crippen MR) is 70.6 cm³/mol. The number of hydrogen-bond donors (Lipinski definition) is 0. The highest BCUT2D eigenvalue weighted by molar-refractivity contribution is 4.99. The summed E-state index contributed by atoms with van der Waals surface area (Å²) in [6.45, 7) is 5.07. The van der Waals surface area contributed by atoms with Crippen LogP contribution in [0.4, 0.5) is 43.9 Å². The van der Waals surface area contributed by atoms with Crippen molar-refractivity contribution in [3.63, 3.8) is 0 Å². The van der Waals surface area contributed by atoms with E-state index >= 15 is 0 Å². The third-order valence-corrected chi connectivity index (χ3v) is 2.82. The van der Waals surface area contributed by atoms with Gasteiger partial charge in [-0.1, -0.05) is 20.1 Å². The molecule has 0 N–H and O–H groups in total. The fourth-order valence-corrected chi connectivity index (χ4v) is 1.17. The molecule has 0 aromatic rings. The first-order valence-corrected chi connectivity index (χ1v) is 6.63. The molecule has 0 saturated heterocycles. The standard InChI is InChI=1S/2C7H9F5/c1-3-6(9,10)5(8)7(11,12)4-2;1-2-6(9,10)7(11,12)4-3-5-8/h3,5H,1,4H2,2H3;2H,1,3-5H2. The summed E-state index contributed by atoms with van der Waals surface area (Å²) < 4.78 is 122. The highest BCUT2D eigenvalue weighted by atomic mass is 19.3. The summed E-state index contributed by atoms with van der Waals surface area (Å²) >= 11 is 0. The summed E-state index contributed by atoms with van der Waals surface area (Å²) in [5.74, 6) is -16.6. The second-order valence-electron chi connectivity index (χ2n) is 4.68. The van der Waals surface area contributed by atoms with Crippen LogP contribution in [0.5, 0.6) is 0 Å². The molecule has 0 aliphatic carbocycles. The summed E-state index contributed by atoms with van der Waals surface area (Å²) in [5.41, 5.74) is 0. The Morgan fingerprint density at radius 2 is 1.38 bits per heavy atom. The highest BCUT2D eigenvalue weighted by Crippen LogP contribution is 2.38. The van der Waals surface area contributed by atoms with Gasteiger partial charge in [-0.25, -0.2) is 13.2 Å². The van der Waals surface area contributed by atoms with Gasteiger partial charge in [0.1, 0.15) is 0 Å². The van der Waals surface area contributed by atoms with E-state index in [1.807, 2.05) is 0 Å². The molecule has 0 aliphatic heterocycles. The lowest BCUT2D eigenvalue weighted by molar-refractivity contribution is -0.183. The van der Waals surface area contributed by atoms with Gasteiger partial charge in [0.15, 0.2) is 0 Å². The molecule has 0 bridgehead atoms. The number of rotatable bonds is 9. The first kappa shape index (κ1) is 25.0. The minimum absolute atomic E-state index is 0.110. The zero-order chi connectivity index (χ0) is 19.8. The van der Waals surface area contributed by atoms with Crippen molar-refractivity contribution in [3.8, 4) is 0 Å². The van der Waals surface area contributed by atoms with Gasteiger partial charge in [0.2, 0.25) is 6.17 Å². The van der Waals surface area contributed by atoms with Crippen LogP contribution in [0.1, 0.15) is 26.2 Å². The van der Waals surface area contributed by atoms with E-state index in [0.717, 1.165) is 6.92 Å². The molecule has 0 fully saturated rings. The third kappa shape index (κ3) is 7.12.